The summed E-state index contributed by atoms with van der Waals surface area (Å²) in [7, 11) is 0. The predicted molar refractivity (Wildman–Crippen MR) is 71.7 cm³/mol. The molecule has 2 heteroatoms. The maximum Gasteiger partial charge on any atom is 0.0198 e. The van der Waals surface area contributed by atoms with Crippen LogP contribution in [-0.2, 0) is 0 Å². The Labute approximate surface area is 101 Å². The van der Waals surface area contributed by atoms with Gasteiger partial charge in [-0.3, -0.25) is 9.80 Å². The molecular weight excluding hydrogens is 196 g/mol. The lowest BCUT2D eigenvalue weighted by Crippen LogP contribution is -2.56. The number of hydrogen-bond acceptors (Lipinski definition) is 2. The van der Waals surface area contributed by atoms with Gasteiger partial charge in [0.2, 0.25) is 0 Å². The van der Waals surface area contributed by atoms with Crippen molar-refractivity contribution in [3.63, 3.8) is 0 Å². The molecule has 0 bridgehead atoms. The van der Waals surface area contributed by atoms with E-state index in [9.17, 15) is 0 Å². The van der Waals surface area contributed by atoms with Crippen molar-refractivity contribution in [1.82, 2.24) is 9.80 Å². The Morgan fingerprint density at radius 1 is 1.00 bits per heavy atom. The van der Waals surface area contributed by atoms with Gasteiger partial charge in [-0.15, -0.1) is 13.2 Å². The van der Waals surface area contributed by atoms with Crippen molar-refractivity contribution in [2.24, 2.45) is 0 Å². The molecule has 1 rings (SSSR count). The van der Waals surface area contributed by atoms with Crippen molar-refractivity contribution in [2.75, 3.05) is 26.2 Å². The zero-order valence-corrected chi connectivity index (χ0v) is 10.9. The standard InChI is InChI=1S/C14H26N2/c1-5-7-9-15-11-13(3)16(10-8-6-2)14(4)12-15/h5-6,13-14H,1-2,7-12H2,3-4H3/t13-,14+. The highest BCUT2D eigenvalue weighted by Gasteiger charge is 2.27. The first-order chi connectivity index (χ1) is 7.69. The Kier molecular flexibility index (Phi) is 5.78. The van der Waals surface area contributed by atoms with Crippen molar-refractivity contribution in [1.29, 1.82) is 0 Å². The minimum Gasteiger partial charge on any atom is -0.300 e. The fraction of sp³-hybridized carbons (Fsp3) is 0.714. The molecule has 1 fully saturated rings. The van der Waals surface area contributed by atoms with Crippen molar-refractivity contribution in [3.8, 4) is 0 Å². The second-order valence-electron chi connectivity index (χ2n) is 4.85. The van der Waals surface area contributed by atoms with E-state index in [1.807, 2.05) is 12.2 Å². The highest BCUT2D eigenvalue weighted by Crippen LogP contribution is 2.16. The van der Waals surface area contributed by atoms with Crippen molar-refractivity contribution < 1.29 is 0 Å². The molecule has 16 heavy (non-hydrogen) atoms. The van der Waals surface area contributed by atoms with Crippen LogP contribution in [0.3, 0.4) is 0 Å². The van der Waals surface area contributed by atoms with E-state index in [1.54, 1.807) is 0 Å². The van der Waals surface area contributed by atoms with Gasteiger partial charge >= 0.3 is 0 Å². The Hall–Kier alpha value is -0.600. The molecule has 0 aliphatic carbocycles. The maximum absolute atomic E-state index is 3.80. The molecule has 1 aliphatic rings. The highest BCUT2D eigenvalue weighted by molar-refractivity contribution is 4.87. The van der Waals surface area contributed by atoms with E-state index in [2.05, 4.69) is 36.8 Å². The molecule has 0 N–H and O–H groups in total. The molecule has 0 saturated carbocycles. The topological polar surface area (TPSA) is 6.48 Å². The van der Waals surface area contributed by atoms with Gasteiger partial charge in [-0.05, 0) is 26.7 Å². The lowest BCUT2D eigenvalue weighted by atomic mass is 10.1. The molecule has 1 heterocycles. The van der Waals surface area contributed by atoms with Gasteiger partial charge in [0, 0.05) is 38.3 Å². The quantitative estimate of drug-likeness (QED) is 0.637. The predicted octanol–water partition coefficient (Wildman–Crippen LogP) is 2.53. The molecule has 2 atom stereocenters. The second kappa shape index (κ2) is 6.87. The fourth-order valence-corrected chi connectivity index (χ4v) is 2.60. The first-order valence-corrected chi connectivity index (χ1v) is 6.39. The summed E-state index contributed by atoms with van der Waals surface area (Å²) in [5, 5.41) is 0. The molecule has 0 aromatic heterocycles. The first kappa shape index (κ1) is 13.5. The summed E-state index contributed by atoms with van der Waals surface area (Å²) in [5.41, 5.74) is 0. The van der Waals surface area contributed by atoms with Crippen molar-refractivity contribution in [3.05, 3.63) is 25.3 Å². The van der Waals surface area contributed by atoms with E-state index in [0.29, 0.717) is 12.1 Å². The lowest BCUT2D eigenvalue weighted by Gasteiger charge is -2.44. The second-order valence-corrected chi connectivity index (χ2v) is 4.85. The van der Waals surface area contributed by atoms with Crippen LogP contribution in [0.2, 0.25) is 0 Å². The van der Waals surface area contributed by atoms with Gasteiger partial charge in [0.15, 0.2) is 0 Å². The van der Waals surface area contributed by atoms with Gasteiger partial charge in [-0.1, -0.05) is 12.2 Å². The van der Waals surface area contributed by atoms with Crippen molar-refractivity contribution in [2.45, 2.75) is 38.8 Å². The normalized spacial score (nSPS) is 27.9. The molecule has 0 aromatic carbocycles. The molecule has 0 amide bonds. The van der Waals surface area contributed by atoms with Gasteiger partial charge in [-0.25, -0.2) is 0 Å². The summed E-state index contributed by atoms with van der Waals surface area (Å²) in [6.07, 6.45) is 6.23. The summed E-state index contributed by atoms with van der Waals surface area (Å²) in [4.78, 5) is 5.16. The Morgan fingerprint density at radius 3 is 2.00 bits per heavy atom. The summed E-state index contributed by atoms with van der Waals surface area (Å²) >= 11 is 0. The Balaban J connectivity index is 2.43. The van der Waals surface area contributed by atoms with Gasteiger partial charge < -0.3 is 0 Å². The molecule has 0 aromatic rings. The largest absolute Gasteiger partial charge is 0.300 e. The van der Waals surface area contributed by atoms with Crippen LogP contribution in [0.4, 0.5) is 0 Å². The highest BCUT2D eigenvalue weighted by atomic mass is 15.3. The minimum atomic E-state index is 0.661. The number of piperazine rings is 1. The monoisotopic (exact) mass is 222 g/mol. The van der Waals surface area contributed by atoms with E-state index < -0.39 is 0 Å². The molecule has 0 spiro atoms. The molecule has 0 radical (unpaired) electrons. The summed E-state index contributed by atoms with van der Waals surface area (Å²) in [6, 6.07) is 1.32. The minimum absolute atomic E-state index is 0.661. The number of rotatable bonds is 6. The SMILES string of the molecule is C=CCCN1C[C@@H](C)N(CCC=C)[C@@H](C)C1. The zero-order valence-electron chi connectivity index (χ0n) is 10.9. The Bertz CT molecular complexity index is 213. The average molecular weight is 222 g/mol. The van der Waals surface area contributed by atoms with Crippen LogP contribution in [0.1, 0.15) is 26.7 Å². The average Bonchev–Trinajstić information content (AvgIpc) is 2.25. The summed E-state index contributed by atoms with van der Waals surface area (Å²) in [5.74, 6) is 0. The molecule has 92 valence electrons. The van der Waals surface area contributed by atoms with E-state index in [-0.39, 0.29) is 0 Å². The zero-order chi connectivity index (χ0) is 12.0. The van der Waals surface area contributed by atoms with Crippen LogP contribution in [0.5, 0.6) is 0 Å². The molecule has 1 aliphatic heterocycles. The summed E-state index contributed by atoms with van der Waals surface area (Å²) < 4.78 is 0. The molecular formula is C14H26N2. The molecule has 2 nitrogen and oxygen atoms in total. The smallest absolute Gasteiger partial charge is 0.0198 e. The van der Waals surface area contributed by atoms with Crippen LogP contribution in [0.25, 0.3) is 0 Å². The van der Waals surface area contributed by atoms with Crippen LogP contribution in [-0.4, -0.2) is 48.1 Å². The third-order valence-corrected chi connectivity index (χ3v) is 3.42. The van der Waals surface area contributed by atoms with Crippen LogP contribution in [0, 0.1) is 0 Å². The van der Waals surface area contributed by atoms with Gasteiger partial charge in [0.25, 0.3) is 0 Å². The molecule has 1 saturated heterocycles. The van der Waals surface area contributed by atoms with Crippen LogP contribution < -0.4 is 0 Å². The maximum atomic E-state index is 3.80. The third kappa shape index (κ3) is 3.76. The van der Waals surface area contributed by atoms with E-state index in [4.69, 9.17) is 0 Å². The van der Waals surface area contributed by atoms with E-state index in [0.717, 1.165) is 25.9 Å². The lowest BCUT2D eigenvalue weighted by molar-refractivity contribution is 0.0413. The summed E-state index contributed by atoms with van der Waals surface area (Å²) in [6.45, 7) is 17.0. The van der Waals surface area contributed by atoms with E-state index >= 15 is 0 Å². The van der Waals surface area contributed by atoms with Crippen molar-refractivity contribution >= 4 is 0 Å². The van der Waals surface area contributed by atoms with Gasteiger partial charge in [0.05, 0.1) is 0 Å². The third-order valence-electron chi connectivity index (χ3n) is 3.42. The fourth-order valence-electron chi connectivity index (χ4n) is 2.60. The number of nitrogens with zero attached hydrogens (tertiary/aromatic N) is 2. The first-order valence-electron chi connectivity index (χ1n) is 6.39. The van der Waals surface area contributed by atoms with E-state index in [1.165, 1.54) is 13.1 Å². The van der Waals surface area contributed by atoms with Crippen LogP contribution in [0.15, 0.2) is 25.3 Å². The van der Waals surface area contributed by atoms with Gasteiger partial charge in [0.1, 0.15) is 0 Å². The number of hydrogen-bond donors (Lipinski definition) is 0. The van der Waals surface area contributed by atoms with Gasteiger partial charge in [-0.2, -0.15) is 0 Å². The Morgan fingerprint density at radius 2 is 1.50 bits per heavy atom. The van der Waals surface area contributed by atoms with Crippen LogP contribution >= 0.6 is 0 Å². The molecule has 0 unspecified atom stereocenters.